The van der Waals surface area contributed by atoms with Crippen LogP contribution in [0.5, 0.6) is 0 Å². The molecule has 0 saturated carbocycles. The smallest absolute Gasteiger partial charge is 0.457 e. The van der Waals surface area contributed by atoms with E-state index < -0.39 is 19.9 Å². The summed E-state index contributed by atoms with van der Waals surface area (Å²) in [4.78, 5) is 20.9. The van der Waals surface area contributed by atoms with Crippen molar-refractivity contribution >= 4 is 13.8 Å². The molecule has 9 heteroatoms. The summed E-state index contributed by atoms with van der Waals surface area (Å²) >= 11 is 0. The molecule has 0 fully saturated rings. The molecule has 0 aromatic rings. The second-order valence-corrected chi connectivity index (χ2v) is 11.0. The average Bonchev–Trinajstić information content (AvgIpc) is 2.70. The van der Waals surface area contributed by atoms with E-state index in [1.807, 2.05) is 0 Å². The number of hydrogen-bond acceptors (Lipinski definition) is 6. The summed E-state index contributed by atoms with van der Waals surface area (Å²) in [5.41, 5.74) is 0.265. The van der Waals surface area contributed by atoms with Crippen molar-refractivity contribution in [3.8, 4) is 0 Å². The van der Waals surface area contributed by atoms with Gasteiger partial charge in [0, 0.05) is 5.57 Å². The Morgan fingerprint density at radius 1 is 0.970 bits per heavy atom. The van der Waals surface area contributed by atoms with Crippen LogP contribution in [0.2, 0.25) is 0 Å². The van der Waals surface area contributed by atoms with Crippen molar-refractivity contribution in [3.63, 3.8) is 0 Å². The summed E-state index contributed by atoms with van der Waals surface area (Å²) in [6.07, 6.45) is 11.2. The lowest BCUT2D eigenvalue weighted by molar-refractivity contribution is -0.870. The molecule has 0 heterocycles. The van der Waals surface area contributed by atoms with Crippen LogP contribution in [0.4, 0.5) is 0 Å². The van der Waals surface area contributed by atoms with E-state index in [9.17, 15) is 14.3 Å². The number of unbranched alkanes of at least 4 members (excludes halogenated alkanes) is 9. The Morgan fingerprint density at radius 3 is 1.85 bits per heavy atom. The number of likely N-dealkylation sites (N-methyl/N-ethyl adjacent to an activating group) is 1. The van der Waals surface area contributed by atoms with Gasteiger partial charge in [-0.3, -0.25) is 9.05 Å². The standard InChI is InChI=1S/C19H37O6P.C5H14NO/c1-5-6-7-8-9-10-11-12-13-14-15-23-26(21,22)24-16-18(4)25-19(20)17(2)3;1-6(2,3)4-5-7/h18H,2,5-16H2,1,3-4H3,(H,21,22);7H,4-5H2,1-3H3/q;+1. The number of carbonyl (C=O) groups excluding carboxylic acids is 1. The van der Waals surface area contributed by atoms with Crippen molar-refractivity contribution in [2.24, 2.45) is 0 Å². The molecular weight excluding hydrogens is 445 g/mol. The molecule has 2 atom stereocenters. The van der Waals surface area contributed by atoms with Gasteiger partial charge in [-0.2, -0.15) is 0 Å². The summed E-state index contributed by atoms with van der Waals surface area (Å²) in [7, 11) is 2.05. The van der Waals surface area contributed by atoms with E-state index in [1.54, 1.807) is 6.92 Å². The van der Waals surface area contributed by atoms with E-state index in [2.05, 4.69) is 34.6 Å². The van der Waals surface area contributed by atoms with Crippen molar-refractivity contribution in [1.82, 2.24) is 0 Å². The number of phosphoric acid groups is 1. The predicted molar refractivity (Wildman–Crippen MR) is 134 cm³/mol. The average molecular weight is 497 g/mol. The molecule has 0 bridgehead atoms. The first-order valence-corrected chi connectivity index (χ1v) is 13.7. The summed E-state index contributed by atoms with van der Waals surface area (Å²) in [6, 6.07) is 0. The number of quaternary nitrogens is 1. The molecule has 2 N–H and O–H groups in total. The highest BCUT2D eigenvalue weighted by atomic mass is 31.2. The number of phosphoric ester groups is 1. The number of ether oxygens (including phenoxy) is 1. The maximum Gasteiger partial charge on any atom is 0.472 e. The Labute approximate surface area is 202 Å². The molecule has 0 rings (SSSR count). The van der Waals surface area contributed by atoms with Crippen molar-refractivity contribution in [2.75, 3.05) is 47.5 Å². The summed E-state index contributed by atoms with van der Waals surface area (Å²) in [5.74, 6) is -0.555. The molecular formula is C24H51NO7P+. The number of aliphatic hydroxyl groups excluding tert-OH is 1. The fourth-order valence-electron chi connectivity index (χ4n) is 2.62. The zero-order chi connectivity index (χ0) is 25.8. The molecule has 0 radical (unpaired) electrons. The Balaban J connectivity index is 0. The number of aliphatic hydroxyl groups is 1. The van der Waals surface area contributed by atoms with Crippen LogP contribution < -0.4 is 0 Å². The predicted octanol–water partition coefficient (Wildman–Crippen LogP) is 5.23. The van der Waals surface area contributed by atoms with Crippen LogP contribution in [0.1, 0.15) is 85.0 Å². The van der Waals surface area contributed by atoms with Crippen LogP contribution in [0, 0.1) is 0 Å². The highest BCUT2D eigenvalue weighted by molar-refractivity contribution is 7.47. The third-order valence-corrected chi connectivity index (χ3v) is 5.64. The zero-order valence-electron chi connectivity index (χ0n) is 22.0. The van der Waals surface area contributed by atoms with E-state index in [0.717, 1.165) is 30.3 Å². The highest BCUT2D eigenvalue weighted by Gasteiger charge is 2.23. The van der Waals surface area contributed by atoms with Gasteiger partial charge in [0.25, 0.3) is 0 Å². The lowest BCUT2D eigenvalue weighted by atomic mass is 10.1. The largest absolute Gasteiger partial charge is 0.472 e. The Morgan fingerprint density at radius 2 is 1.45 bits per heavy atom. The maximum atomic E-state index is 11.8. The molecule has 0 aromatic carbocycles. The first kappa shape index (κ1) is 34.4. The lowest BCUT2D eigenvalue weighted by Crippen LogP contribution is -2.36. The van der Waals surface area contributed by atoms with Gasteiger partial charge >= 0.3 is 13.8 Å². The fourth-order valence-corrected chi connectivity index (χ4v) is 3.46. The molecule has 0 saturated heterocycles. The fraction of sp³-hybridized carbons (Fsp3) is 0.875. The molecule has 8 nitrogen and oxygen atoms in total. The van der Waals surface area contributed by atoms with Crippen LogP contribution in [0.25, 0.3) is 0 Å². The number of hydrogen-bond donors (Lipinski definition) is 2. The third-order valence-electron chi connectivity index (χ3n) is 4.65. The third kappa shape index (κ3) is 27.4. The van der Waals surface area contributed by atoms with Crippen LogP contribution in [0.3, 0.4) is 0 Å². The van der Waals surface area contributed by atoms with E-state index in [1.165, 1.54) is 51.9 Å². The number of rotatable bonds is 19. The van der Waals surface area contributed by atoms with E-state index >= 15 is 0 Å². The molecule has 33 heavy (non-hydrogen) atoms. The Hall–Kier alpha value is -0.760. The molecule has 198 valence electrons. The zero-order valence-corrected chi connectivity index (χ0v) is 22.9. The minimum absolute atomic E-state index is 0.185. The van der Waals surface area contributed by atoms with E-state index in [4.69, 9.17) is 18.9 Å². The topological polar surface area (TPSA) is 102 Å². The van der Waals surface area contributed by atoms with Gasteiger partial charge in [-0.25, -0.2) is 9.36 Å². The molecule has 0 aromatic heterocycles. The molecule has 0 aliphatic rings. The van der Waals surface area contributed by atoms with E-state index in [0.29, 0.717) is 0 Å². The molecule has 0 spiro atoms. The first-order chi connectivity index (χ1) is 15.3. The first-order valence-electron chi connectivity index (χ1n) is 12.2. The SMILES string of the molecule is C=C(C)C(=O)OC(C)COP(=O)(O)OCCCCCCCCCCCC.C[N+](C)(C)CCO. The van der Waals surface area contributed by atoms with Crippen molar-refractivity contribution in [1.29, 1.82) is 0 Å². The summed E-state index contributed by atoms with van der Waals surface area (Å²) in [5, 5.41) is 8.39. The second-order valence-electron chi connectivity index (χ2n) is 9.51. The molecule has 2 unspecified atom stereocenters. The second kappa shape index (κ2) is 20.6. The molecule has 0 aliphatic carbocycles. The monoisotopic (exact) mass is 496 g/mol. The number of carbonyl (C=O) groups is 1. The van der Waals surface area contributed by atoms with E-state index in [-0.39, 0.29) is 25.4 Å². The minimum Gasteiger partial charge on any atom is -0.457 e. The van der Waals surface area contributed by atoms with Gasteiger partial charge in [-0.15, -0.1) is 0 Å². The van der Waals surface area contributed by atoms with Crippen molar-refractivity contribution < 1.29 is 37.6 Å². The lowest BCUT2D eigenvalue weighted by Gasteiger charge is -2.21. The highest BCUT2D eigenvalue weighted by Crippen LogP contribution is 2.43. The normalized spacial score (nSPS) is 14.1. The van der Waals surface area contributed by atoms with Gasteiger partial charge < -0.3 is 19.2 Å². The van der Waals surface area contributed by atoms with Crippen molar-refractivity contribution in [3.05, 3.63) is 12.2 Å². The van der Waals surface area contributed by atoms with Crippen LogP contribution in [0.15, 0.2) is 12.2 Å². The van der Waals surface area contributed by atoms with Gasteiger partial charge in [0.2, 0.25) is 0 Å². The van der Waals surface area contributed by atoms with Gasteiger partial charge in [0.05, 0.1) is 41.0 Å². The van der Waals surface area contributed by atoms with Gasteiger partial charge in [0.15, 0.2) is 0 Å². The van der Waals surface area contributed by atoms with Gasteiger partial charge in [-0.1, -0.05) is 71.3 Å². The van der Waals surface area contributed by atoms with Crippen LogP contribution in [-0.4, -0.2) is 74.1 Å². The quantitative estimate of drug-likeness (QED) is 0.0829. The van der Waals surface area contributed by atoms with Gasteiger partial charge in [-0.05, 0) is 20.3 Å². The summed E-state index contributed by atoms with van der Waals surface area (Å²) < 4.78 is 27.3. The number of esters is 1. The van der Waals surface area contributed by atoms with Crippen molar-refractivity contribution in [2.45, 2.75) is 91.1 Å². The Kier molecular flexibility index (Phi) is 21.5. The van der Waals surface area contributed by atoms with Crippen LogP contribution in [-0.2, 0) is 23.1 Å². The molecule has 0 aliphatic heterocycles. The summed E-state index contributed by atoms with van der Waals surface area (Å²) in [6.45, 7) is 9.88. The minimum atomic E-state index is -4.10. The number of nitrogens with zero attached hydrogens (tertiary/aromatic N) is 1. The molecule has 0 amide bonds. The maximum absolute atomic E-state index is 11.8. The van der Waals surface area contributed by atoms with Gasteiger partial charge in [0.1, 0.15) is 12.6 Å². The Bertz CT molecular complexity index is 549. The van der Waals surface area contributed by atoms with Crippen LogP contribution >= 0.6 is 7.82 Å².